The second-order valence-electron chi connectivity index (χ2n) is 9.02. The van der Waals surface area contributed by atoms with Gasteiger partial charge in [0.05, 0.1) is 30.8 Å². The van der Waals surface area contributed by atoms with Crippen LogP contribution in [0, 0.1) is 6.92 Å². The third-order valence-corrected chi connectivity index (χ3v) is 7.74. The van der Waals surface area contributed by atoms with E-state index in [0.29, 0.717) is 29.2 Å². The Bertz CT molecular complexity index is 1600. The SMILES string of the molecule is COc1ccccc1C(Cn1c(=O)n(-c2ccnc(C(=O)O)c2)c(=O)c2c(C)csc21)OC1CCOCC1. The molecule has 0 bridgehead atoms. The summed E-state index contributed by atoms with van der Waals surface area (Å²) in [6.45, 7) is 3.11. The fourth-order valence-corrected chi connectivity index (χ4v) is 5.77. The van der Waals surface area contributed by atoms with Crippen LogP contribution in [-0.2, 0) is 16.0 Å². The molecule has 11 heteroatoms. The lowest BCUT2D eigenvalue weighted by atomic mass is 10.1. The molecule has 0 aliphatic carbocycles. The summed E-state index contributed by atoms with van der Waals surface area (Å²) in [5, 5.41) is 11.6. The van der Waals surface area contributed by atoms with Crippen LogP contribution < -0.4 is 16.0 Å². The van der Waals surface area contributed by atoms with E-state index in [9.17, 15) is 19.5 Å². The zero-order chi connectivity index (χ0) is 26.8. The second-order valence-corrected chi connectivity index (χ2v) is 9.87. The van der Waals surface area contributed by atoms with Crippen molar-refractivity contribution < 1.29 is 24.1 Å². The number of pyridine rings is 1. The van der Waals surface area contributed by atoms with Crippen molar-refractivity contribution in [1.29, 1.82) is 0 Å². The molecule has 0 radical (unpaired) electrons. The van der Waals surface area contributed by atoms with Crippen LogP contribution in [0.4, 0.5) is 0 Å². The van der Waals surface area contributed by atoms with Crippen molar-refractivity contribution in [3.63, 3.8) is 0 Å². The predicted octanol–water partition coefficient (Wildman–Crippen LogP) is 3.56. The monoisotopic (exact) mass is 537 g/mol. The van der Waals surface area contributed by atoms with Gasteiger partial charge in [-0.05, 0) is 48.9 Å². The molecule has 3 aromatic heterocycles. The van der Waals surface area contributed by atoms with Gasteiger partial charge in [0.2, 0.25) is 0 Å². The number of hydrogen-bond donors (Lipinski definition) is 1. The molecule has 4 heterocycles. The van der Waals surface area contributed by atoms with Crippen LogP contribution in [0.5, 0.6) is 5.75 Å². The topological polar surface area (TPSA) is 122 Å². The summed E-state index contributed by atoms with van der Waals surface area (Å²) < 4.78 is 20.2. The van der Waals surface area contributed by atoms with Crippen molar-refractivity contribution in [2.45, 2.75) is 38.5 Å². The van der Waals surface area contributed by atoms with E-state index in [-0.39, 0.29) is 24.0 Å². The van der Waals surface area contributed by atoms with Crippen LogP contribution in [0.2, 0.25) is 0 Å². The second kappa shape index (κ2) is 10.9. The van der Waals surface area contributed by atoms with Gasteiger partial charge in [0.1, 0.15) is 22.4 Å². The molecule has 1 aromatic carbocycles. The molecule has 1 atom stereocenters. The van der Waals surface area contributed by atoms with Gasteiger partial charge in [0.25, 0.3) is 5.56 Å². The highest BCUT2D eigenvalue weighted by atomic mass is 32.1. The molecule has 1 aliphatic heterocycles. The number of nitrogens with zero attached hydrogens (tertiary/aromatic N) is 3. The number of carboxylic acids is 1. The van der Waals surface area contributed by atoms with E-state index >= 15 is 0 Å². The van der Waals surface area contributed by atoms with Crippen molar-refractivity contribution >= 4 is 27.5 Å². The zero-order valence-corrected chi connectivity index (χ0v) is 21.8. The lowest BCUT2D eigenvalue weighted by molar-refractivity contribution is -0.0752. The number of aromatic nitrogens is 3. The number of carboxylic acid groups (broad SMARTS) is 1. The van der Waals surface area contributed by atoms with Crippen molar-refractivity contribution in [2.75, 3.05) is 20.3 Å². The minimum atomic E-state index is -1.26. The highest BCUT2D eigenvalue weighted by Gasteiger charge is 2.27. The van der Waals surface area contributed by atoms with E-state index in [1.807, 2.05) is 36.6 Å². The number of aromatic carboxylic acids is 1. The molecule has 1 aliphatic rings. The molecule has 1 saturated heterocycles. The van der Waals surface area contributed by atoms with E-state index in [1.165, 1.54) is 34.2 Å². The first-order valence-electron chi connectivity index (χ1n) is 12.2. The van der Waals surface area contributed by atoms with Crippen LogP contribution in [0.15, 0.2) is 57.6 Å². The van der Waals surface area contributed by atoms with Crippen molar-refractivity contribution in [3.8, 4) is 11.4 Å². The number of rotatable bonds is 8. The standard InChI is InChI=1S/C27H27N3O7S/c1-16-15-38-25-23(16)24(31)30(17-7-10-28-20(13-17)26(32)33)27(34)29(25)14-22(37-18-8-11-36-12-9-18)19-5-3-4-6-21(19)35-2/h3-7,10,13,15,18,22H,8-9,11-12,14H2,1-2H3,(H,32,33). The van der Waals surface area contributed by atoms with Gasteiger partial charge in [-0.25, -0.2) is 19.1 Å². The van der Waals surface area contributed by atoms with Crippen molar-refractivity contribution in [1.82, 2.24) is 14.1 Å². The Labute approximate surface area is 221 Å². The molecule has 1 fully saturated rings. The molecule has 0 spiro atoms. The number of fused-ring (bicyclic) bond motifs is 1. The Kier molecular flexibility index (Phi) is 7.41. The summed E-state index contributed by atoms with van der Waals surface area (Å²) in [7, 11) is 1.58. The smallest absolute Gasteiger partial charge is 0.354 e. The molecule has 1 unspecified atom stereocenters. The number of thiophene rings is 1. The predicted molar refractivity (Wildman–Crippen MR) is 142 cm³/mol. The van der Waals surface area contributed by atoms with E-state index in [0.717, 1.165) is 28.5 Å². The fraction of sp³-hybridized carbons (Fsp3) is 0.333. The Morgan fingerprint density at radius 1 is 1.24 bits per heavy atom. The minimum absolute atomic E-state index is 0.0702. The quantitative estimate of drug-likeness (QED) is 0.362. The first kappa shape index (κ1) is 25.8. The molecule has 5 rings (SSSR count). The van der Waals surface area contributed by atoms with Crippen LogP contribution in [-0.4, -0.2) is 51.6 Å². The van der Waals surface area contributed by atoms with Gasteiger partial charge in [-0.15, -0.1) is 11.3 Å². The van der Waals surface area contributed by atoms with Gasteiger partial charge < -0.3 is 19.3 Å². The maximum Gasteiger partial charge on any atom is 0.354 e. The number of methoxy groups -OCH3 is 1. The highest BCUT2D eigenvalue weighted by molar-refractivity contribution is 7.17. The summed E-state index contributed by atoms with van der Waals surface area (Å²) in [6.07, 6.45) is 2.09. The van der Waals surface area contributed by atoms with E-state index in [1.54, 1.807) is 7.11 Å². The molecular weight excluding hydrogens is 510 g/mol. The highest BCUT2D eigenvalue weighted by Crippen LogP contribution is 2.33. The molecular formula is C27H27N3O7S. The summed E-state index contributed by atoms with van der Waals surface area (Å²) in [5.74, 6) is -0.626. The molecule has 1 N–H and O–H groups in total. The van der Waals surface area contributed by atoms with Gasteiger partial charge in [-0.2, -0.15) is 0 Å². The van der Waals surface area contributed by atoms with Crippen molar-refractivity contribution in [3.05, 3.63) is 85.6 Å². The number of carbonyl (C=O) groups is 1. The van der Waals surface area contributed by atoms with E-state index in [2.05, 4.69) is 4.98 Å². The normalized spacial score (nSPS) is 15.0. The molecule has 0 amide bonds. The van der Waals surface area contributed by atoms with Gasteiger partial charge in [0, 0.05) is 25.0 Å². The first-order chi connectivity index (χ1) is 18.4. The number of benzene rings is 1. The van der Waals surface area contributed by atoms with Crippen LogP contribution >= 0.6 is 11.3 Å². The summed E-state index contributed by atoms with van der Waals surface area (Å²) in [4.78, 5) is 43.4. The molecule has 10 nitrogen and oxygen atoms in total. The van der Waals surface area contributed by atoms with Gasteiger partial charge in [-0.3, -0.25) is 9.36 Å². The third-order valence-electron chi connectivity index (χ3n) is 6.62. The largest absolute Gasteiger partial charge is 0.496 e. The number of ether oxygens (including phenoxy) is 3. The lowest BCUT2D eigenvalue weighted by Crippen LogP contribution is -2.40. The number of hydrogen-bond acceptors (Lipinski definition) is 8. The van der Waals surface area contributed by atoms with Crippen molar-refractivity contribution in [2.24, 2.45) is 0 Å². The number of aryl methyl sites for hydroxylation is 1. The Hall–Kier alpha value is -3.80. The van der Waals surface area contributed by atoms with Gasteiger partial charge >= 0.3 is 11.7 Å². The maximum absolute atomic E-state index is 14.0. The maximum atomic E-state index is 14.0. The van der Waals surface area contributed by atoms with Gasteiger partial charge in [-0.1, -0.05) is 18.2 Å². The van der Waals surface area contributed by atoms with E-state index in [4.69, 9.17) is 14.2 Å². The van der Waals surface area contributed by atoms with Crippen LogP contribution in [0.1, 0.15) is 40.6 Å². The molecule has 198 valence electrons. The summed E-state index contributed by atoms with van der Waals surface area (Å²) in [5.41, 5.74) is 0.267. The summed E-state index contributed by atoms with van der Waals surface area (Å²) >= 11 is 1.31. The molecule has 0 saturated carbocycles. The van der Waals surface area contributed by atoms with Crippen LogP contribution in [0.25, 0.3) is 15.9 Å². The Balaban J connectivity index is 1.69. The lowest BCUT2D eigenvalue weighted by Gasteiger charge is -2.29. The fourth-order valence-electron chi connectivity index (χ4n) is 4.72. The average Bonchev–Trinajstić information content (AvgIpc) is 3.32. The Morgan fingerprint density at radius 2 is 2.00 bits per heavy atom. The first-order valence-corrected chi connectivity index (χ1v) is 13.1. The third kappa shape index (κ3) is 4.87. The average molecular weight is 538 g/mol. The molecule has 38 heavy (non-hydrogen) atoms. The Morgan fingerprint density at radius 3 is 2.74 bits per heavy atom. The van der Waals surface area contributed by atoms with E-state index < -0.39 is 23.3 Å². The minimum Gasteiger partial charge on any atom is -0.496 e. The van der Waals surface area contributed by atoms with Crippen LogP contribution in [0.3, 0.4) is 0 Å². The zero-order valence-electron chi connectivity index (χ0n) is 21.0. The number of para-hydroxylation sites is 1. The van der Waals surface area contributed by atoms with Gasteiger partial charge in [0.15, 0.2) is 0 Å². The molecule has 4 aromatic rings. The summed E-state index contributed by atoms with van der Waals surface area (Å²) in [6, 6.07) is 10.2.